The normalized spacial score (nSPS) is 18.2. The fraction of sp³-hybridized carbons (Fsp3) is 0.550. The molecule has 8 heteroatoms. The Bertz CT molecular complexity index is 786. The number of anilines is 1. The molecule has 2 fully saturated rings. The first-order valence-corrected chi connectivity index (χ1v) is 9.57. The lowest BCUT2D eigenvalue weighted by Gasteiger charge is -2.30. The molecule has 3 rings (SSSR count). The van der Waals surface area contributed by atoms with E-state index in [1.54, 1.807) is 19.2 Å². The lowest BCUT2D eigenvalue weighted by atomic mass is 9.82. The highest BCUT2D eigenvalue weighted by Crippen LogP contribution is 2.34. The van der Waals surface area contributed by atoms with E-state index in [1.807, 2.05) is 6.92 Å². The van der Waals surface area contributed by atoms with Crippen LogP contribution in [0.4, 0.5) is 10.5 Å². The van der Waals surface area contributed by atoms with Crippen molar-refractivity contribution >= 4 is 23.5 Å². The average Bonchev–Trinajstić information content (AvgIpc) is 2.91. The number of hydrogen-bond acceptors (Lipinski definition) is 5. The molecule has 2 aliphatic rings. The summed E-state index contributed by atoms with van der Waals surface area (Å²) in [6, 6.07) is 3.07. The summed E-state index contributed by atoms with van der Waals surface area (Å²) in [6.45, 7) is 1.91. The second kappa shape index (κ2) is 8.08. The van der Waals surface area contributed by atoms with Gasteiger partial charge in [-0.2, -0.15) is 0 Å². The molecule has 1 heterocycles. The van der Waals surface area contributed by atoms with Crippen LogP contribution in [0.1, 0.15) is 44.1 Å². The summed E-state index contributed by atoms with van der Waals surface area (Å²) in [5, 5.41) is 5.67. The van der Waals surface area contributed by atoms with Crippen molar-refractivity contribution in [3.8, 4) is 11.5 Å². The van der Waals surface area contributed by atoms with E-state index < -0.39 is 11.6 Å². The van der Waals surface area contributed by atoms with Crippen LogP contribution in [0.3, 0.4) is 0 Å². The van der Waals surface area contributed by atoms with Gasteiger partial charge in [0.1, 0.15) is 5.54 Å². The molecule has 8 nitrogen and oxygen atoms in total. The number of nitrogens with zero attached hydrogens (tertiary/aromatic N) is 1. The van der Waals surface area contributed by atoms with Crippen LogP contribution in [0.25, 0.3) is 0 Å². The number of ether oxygens (including phenoxy) is 2. The molecule has 152 valence electrons. The lowest BCUT2D eigenvalue weighted by molar-refractivity contribution is -0.132. The molecule has 0 aromatic heterocycles. The first kappa shape index (κ1) is 20.0. The number of carbonyl (C=O) groups is 3. The molecule has 1 spiro atoms. The van der Waals surface area contributed by atoms with Crippen molar-refractivity contribution in [2.24, 2.45) is 0 Å². The Balaban J connectivity index is 1.62. The molecule has 1 aliphatic heterocycles. The minimum atomic E-state index is -0.758. The van der Waals surface area contributed by atoms with E-state index >= 15 is 0 Å². The first-order valence-electron chi connectivity index (χ1n) is 9.57. The molecule has 0 unspecified atom stereocenters. The van der Waals surface area contributed by atoms with Gasteiger partial charge in [-0.05, 0) is 31.4 Å². The van der Waals surface area contributed by atoms with E-state index in [9.17, 15) is 14.4 Å². The first-order chi connectivity index (χ1) is 13.4. The summed E-state index contributed by atoms with van der Waals surface area (Å²) in [7, 11) is 3.07. The van der Waals surface area contributed by atoms with Gasteiger partial charge in [-0.25, -0.2) is 4.79 Å². The average molecular weight is 389 g/mol. The largest absolute Gasteiger partial charge is 0.493 e. The zero-order valence-corrected chi connectivity index (χ0v) is 16.6. The van der Waals surface area contributed by atoms with Crippen molar-refractivity contribution in [2.75, 3.05) is 26.1 Å². The number of imide groups is 1. The smallest absolute Gasteiger partial charge is 0.325 e. The fourth-order valence-corrected chi connectivity index (χ4v) is 3.91. The Labute approximate surface area is 164 Å². The van der Waals surface area contributed by atoms with Gasteiger partial charge < -0.3 is 20.1 Å². The summed E-state index contributed by atoms with van der Waals surface area (Å²) >= 11 is 0. The Kier molecular flexibility index (Phi) is 5.76. The predicted octanol–water partition coefficient (Wildman–Crippen LogP) is 2.60. The zero-order chi connectivity index (χ0) is 20.3. The molecule has 1 aromatic rings. The second-order valence-electron chi connectivity index (χ2n) is 7.35. The van der Waals surface area contributed by atoms with Gasteiger partial charge in [-0.1, -0.05) is 19.3 Å². The van der Waals surface area contributed by atoms with E-state index in [0.29, 0.717) is 30.0 Å². The Morgan fingerprint density at radius 1 is 1.14 bits per heavy atom. The highest BCUT2D eigenvalue weighted by atomic mass is 16.5. The van der Waals surface area contributed by atoms with Crippen LogP contribution in [-0.2, 0) is 9.59 Å². The number of benzene rings is 1. The molecule has 1 aliphatic carbocycles. The molecule has 28 heavy (non-hydrogen) atoms. The van der Waals surface area contributed by atoms with Crippen LogP contribution < -0.4 is 20.1 Å². The van der Waals surface area contributed by atoms with Gasteiger partial charge in [0, 0.05) is 24.7 Å². The number of aryl methyl sites for hydroxylation is 1. The van der Waals surface area contributed by atoms with Crippen LogP contribution in [0.5, 0.6) is 11.5 Å². The molecule has 1 saturated carbocycles. The van der Waals surface area contributed by atoms with Crippen LogP contribution in [0.2, 0.25) is 0 Å². The third kappa shape index (κ3) is 3.76. The van der Waals surface area contributed by atoms with E-state index in [4.69, 9.17) is 9.47 Å². The minimum Gasteiger partial charge on any atom is -0.493 e. The quantitative estimate of drug-likeness (QED) is 0.729. The third-order valence-corrected chi connectivity index (χ3v) is 5.52. The van der Waals surface area contributed by atoms with Crippen molar-refractivity contribution < 1.29 is 23.9 Å². The van der Waals surface area contributed by atoms with Gasteiger partial charge in [-0.3, -0.25) is 14.5 Å². The van der Waals surface area contributed by atoms with E-state index in [0.717, 1.165) is 24.8 Å². The van der Waals surface area contributed by atoms with Gasteiger partial charge in [0.2, 0.25) is 5.91 Å². The van der Waals surface area contributed by atoms with Crippen molar-refractivity contribution in [1.82, 2.24) is 10.2 Å². The lowest BCUT2D eigenvalue weighted by Crippen LogP contribution is -2.48. The molecule has 0 bridgehead atoms. The second-order valence-corrected chi connectivity index (χ2v) is 7.35. The van der Waals surface area contributed by atoms with Crippen LogP contribution >= 0.6 is 0 Å². The van der Waals surface area contributed by atoms with Crippen LogP contribution in [-0.4, -0.2) is 49.0 Å². The number of nitrogens with one attached hydrogen (secondary N) is 2. The molecule has 1 aromatic carbocycles. The highest BCUT2D eigenvalue weighted by Gasteiger charge is 2.51. The highest BCUT2D eigenvalue weighted by molar-refractivity contribution is 6.07. The van der Waals surface area contributed by atoms with Gasteiger partial charge in [0.15, 0.2) is 11.5 Å². The predicted molar refractivity (Wildman–Crippen MR) is 104 cm³/mol. The minimum absolute atomic E-state index is 0.0308. The Hall–Kier alpha value is -2.77. The van der Waals surface area contributed by atoms with E-state index in [1.165, 1.54) is 12.0 Å². The Morgan fingerprint density at radius 3 is 2.43 bits per heavy atom. The fourth-order valence-electron chi connectivity index (χ4n) is 3.91. The molecule has 0 radical (unpaired) electrons. The summed E-state index contributed by atoms with van der Waals surface area (Å²) in [4.78, 5) is 38.6. The van der Waals surface area contributed by atoms with Crippen molar-refractivity contribution in [3.05, 3.63) is 17.7 Å². The molecular weight excluding hydrogens is 362 g/mol. The number of methoxy groups -OCH3 is 2. The summed E-state index contributed by atoms with van der Waals surface area (Å²) in [5.41, 5.74) is 0.664. The van der Waals surface area contributed by atoms with Crippen LogP contribution in [0.15, 0.2) is 12.1 Å². The zero-order valence-electron chi connectivity index (χ0n) is 16.6. The van der Waals surface area contributed by atoms with Crippen molar-refractivity contribution in [1.29, 1.82) is 0 Å². The molecule has 2 N–H and O–H groups in total. The maximum absolute atomic E-state index is 12.8. The monoisotopic (exact) mass is 389 g/mol. The van der Waals surface area contributed by atoms with Crippen molar-refractivity contribution in [2.45, 2.75) is 51.0 Å². The standard InChI is InChI=1S/C20H27N3O5/c1-13-11-15(27-2)16(28-3)12-14(13)21-17(24)7-10-23-18(25)20(22-19(23)26)8-5-4-6-9-20/h11-12H,4-10H2,1-3H3,(H,21,24)(H,22,26). The summed E-state index contributed by atoms with van der Waals surface area (Å²) < 4.78 is 10.5. The Morgan fingerprint density at radius 2 is 1.79 bits per heavy atom. The summed E-state index contributed by atoms with van der Waals surface area (Å²) in [6.07, 6.45) is 4.31. The maximum atomic E-state index is 12.8. The summed E-state index contributed by atoms with van der Waals surface area (Å²) in [5.74, 6) is 0.611. The molecule has 0 atom stereocenters. The van der Waals surface area contributed by atoms with Gasteiger partial charge in [0.25, 0.3) is 5.91 Å². The topological polar surface area (TPSA) is 97.0 Å². The number of rotatable bonds is 6. The van der Waals surface area contributed by atoms with Gasteiger partial charge in [-0.15, -0.1) is 0 Å². The number of urea groups is 1. The molecule has 4 amide bonds. The van der Waals surface area contributed by atoms with E-state index in [-0.39, 0.29) is 24.8 Å². The van der Waals surface area contributed by atoms with Crippen LogP contribution in [0, 0.1) is 6.92 Å². The number of hydrogen-bond donors (Lipinski definition) is 2. The molecule has 1 saturated heterocycles. The van der Waals surface area contributed by atoms with Crippen molar-refractivity contribution in [3.63, 3.8) is 0 Å². The number of carbonyl (C=O) groups excluding carboxylic acids is 3. The molecular formula is C20H27N3O5. The maximum Gasteiger partial charge on any atom is 0.325 e. The SMILES string of the molecule is COc1cc(C)c(NC(=O)CCN2C(=O)NC3(CCCCC3)C2=O)cc1OC. The number of amides is 4. The van der Waals surface area contributed by atoms with Gasteiger partial charge in [0.05, 0.1) is 14.2 Å². The third-order valence-electron chi connectivity index (χ3n) is 5.52. The van der Waals surface area contributed by atoms with E-state index in [2.05, 4.69) is 10.6 Å². The van der Waals surface area contributed by atoms with Gasteiger partial charge >= 0.3 is 6.03 Å².